The van der Waals surface area contributed by atoms with Crippen molar-refractivity contribution in [2.45, 2.75) is 26.0 Å². The lowest BCUT2D eigenvalue weighted by molar-refractivity contribution is -0.137. The monoisotopic (exact) mass is 440 g/mol. The zero-order valence-corrected chi connectivity index (χ0v) is 17.6. The van der Waals surface area contributed by atoms with Crippen LogP contribution in [0.5, 0.6) is 5.75 Å². The highest BCUT2D eigenvalue weighted by Gasteiger charge is 2.21. The van der Waals surface area contributed by atoms with E-state index in [9.17, 15) is 9.18 Å². The van der Waals surface area contributed by atoms with Crippen molar-refractivity contribution in [3.8, 4) is 17.0 Å². The Labute approximate surface area is 185 Å². The minimum absolute atomic E-state index is 0.0784. The van der Waals surface area contributed by atoms with Crippen LogP contribution in [0.2, 0.25) is 5.02 Å². The molecule has 31 heavy (non-hydrogen) atoms. The van der Waals surface area contributed by atoms with E-state index in [2.05, 4.69) is 4.98 Å². The molecule has 5 nitrogen and oxygen atoms in total. The van der Waals surface area contributed by atoms with Crippen LogP contribution in [0.25, 0.3) is 11.3 Å². The van der Waals surface area contributed by atoms with Crippen molar-refractivity contribution < 1.29 is 19.0 Å². The largest absolute Gasteiger partial charge is 0.489 e. The highest BCUT2D eigenvalue weighted by molar-refractivity contribution is 6.30. The molecule has 1 aromatic heterocycles. The molecule has 1 N–H and O–H groups in total. The zero-order valence-electron chi connectivity index (χ0n) is 16.9. The standard InChI is InChI=1S/C24H22ClFN2O3/c25-19-3-1-2-16(12-19)15-31-20-6-4-17(5-7-20)24-21(26)13-18-14-28(11-9-23(29)30)10-8-22(18)27-24/h1-7,12-13H,8-11,14-15H2,(H,29,30). The summed E-state index contributed by atoms with van der Waals surface area (Å²) in [5.41, 5.74) is 3.66. The lowest BCUT2D eigenvalue weighted by Gasteiger charge is -2.28. The van der Waals surface area contributed by atoms with E-state index in [4.69, 9.17) is 21.4 Å². The second-order valence-electron chi connectivity index (χ2n) is 7.54. The zero-order chi connectivity index (χ0) is 21.8. The van der Waals surface area contributed by atoms with Gasteiger partial charge >= 0.3 is 5.97 Å². The number of benzene rings is 2. The summed E-state index contributed by atoms with van der Waals surface area (Å²) < 4.78 is 20.6. The van der Waals surface area contributed by atoms with E-state index in [1.165, 1.54) is 6.07 Å². The Morgan fingerprint density at radius 3 is 2.74 bits per heavy atom. The molecule has 2 heterocycles. The average Bonchev–Trinajstić information content (AvgIpc) is 2.76. The Kier molecular flexibility index (Phi) is 6.49. The van der Waals surface area contributed by atoms with Gasteiger partial charge in [-0.3, -0.25) is 9.69 Å². The predicted molar refractivity (Wildman–Crippen MR) is 117 cm³/mol. The summed E-state index contributed by atoms with van der Waals surface area (Å²) in [5.74, 6) is -0.534. The molecule has 160 valence electrons. The van der Waals surface area contributed by atoms with Gasteiger partial charge in [0.2, 0.25) is 0 Å². The summed E-state index contributed by atoms with van der Waals surface area (Å²) in [6, 6.07) is 16.2. The van der Waals surface area contributed by atoms with Crippen molar-refractivity contribution in [1.82, 2.24) is 9.88 Å². The number of rotatable bonds is 7. The first kappa shape index (κ1) is 21.3. The summed E-state index contributed by atoms with van der Waals surface area (Å²) in [4.78, 5) is 17.4. The number of carboxylic acids is 1. The summed E-state index contributed by atoms with van der Waals surface area (Å²) in [6.45, 7) is 2.08. The number of hydrogen-bond donors (Lipinski definition) is 1. The molecule has 0 saturated carbocycles. The third-order valence-corrected chi connectivity index (χ3v) is 5.50. The number of pyridine rings is 1. The van der Waals surface area contributed by atoms with Crippen LogP contribution >= 0.6 is 11.6 Å². The Morgan fingerprint density at radius 2 is 2.00 bits per heavy atom. The maximum Gasteiger partial charge on any atom is 0.304 e. The van der Waals surface area contributed by atoms with Crippen LogP contribution in [-0.4, -0.2) is 34.0 Å². The molecule has 0 saturated heterocycles. The Bertz CT molecular complexity index is 1090. The molecule has 3 aromatic rings. The molecule has 7 heteroatoms. The molecule has 4 rings (SSSR count). The molecule has 0 aliphatic carbocycles. The molecule has 0 radical (unpaired) electrons. The van der Waals surface area contributed by atoms with E-state index in [-0.39, 0.29) is 12.2 Å². The van der Waals surface area contributed by atoms with E-state index >= 15 is 0 Å². The van der Waals surface area contributed by atoms with E-state index in [0.29, 0.717) is 54.7 Å². The molecule has 0 bridgehead atoms. The lowest BCUT2D eigenvalue weighted by atomic mass is 10.0. The van der Waals surface area contributed by atoms with Crippen molar-refractivity contribution in [3.05, 3.63) is 82.3 Å². The van der Waals surface area contributed by atoms with Gasteiger partial charge in [-0.1, -0.05) is 23.7 Å². The van der Waals surface area contributed by atoms with Crippen molar-refractivity contribution in [2.24, 2.45) is 0 Å². The molecule has 1 aliphatic rings. The molecule has 0 fully saturated rings. The minimum Gasteiger partial charge on any atom is -0.489 e. The summed E-state index contributed by atoms with van der Waals surface area (Å²) >= 11 is 5.99. The van der Waals surface area contributed by atoms with E-state index in [0.717, 1.165) is 16.8 Å². The van der Waals surface area contributed by atoms with Crippen LogP contribution in [-0.2, 0) is 24.4 Å². The fraction of sp³-hybridized carbons (Fsp3) is 0.250. The lowest BCUT2D eigenvalue weighted by Crippen LogP contribution is -2.33. The topological polar surface area (TPSA) is 62.7 Å². The Hall–Kier alpha value is -2.96. The highest BCUT2D eigenvalue weighted by atomic mass is 35.5. The fourth-order valence-corrected chi connectivity index (χ4v) is 3.86. The van der Waals surface area contributed by atoms with Gasteiger partial charge in [-0.05, 0) is 53.6 Å². The second-order valence-corrected chi connectivity index (χ2v) is 7.97. The van der Waals surface area contributed by atoms with Crippen LogP contribution in [0.4, 0.5) is 4.39 Å². The number of carbonyl (C=O) groups is 1. The van der Waals surface area contributed by atoms with E-state index < -0.39 is 5.97 Å². The van der Waals surface area contributed by atoms with Gasteiger partial charge in [0, 0.05) is 42.3 Å². The van der Waals surface area contributed by atoms with Gasteiger partial charge < -0.3 is 9.84 Å². The van der Waals surface area contributed by atoms with E-state index in [1.54, 1.807) is 24.3 Å². The van der Waals surface area contributed by atoms with Gasteiger partial charge in [-0.2, -0.15) is 0 Å². The normalized spacial score (nSPS) is 13.6. The van der Waals surface area contributed by atoms with Crippen molar-refractivity contribution >= 4 is 17.6 Å². The maximum atomic E-state index is 14.8. The first-order valence-corrected chi connectivity index (χ1v) is 10.5. The molecule has 0 unspecified atom stereocenters. The van der Waals surface area contributed by atoms with Gasteiger partial charge in [0.25, 0.3) is 0 Å². The van der Waals surface area contributed by atoms with Gasteiger partial charge in [-0.15, -0.1) is 0 Å². The molecule has 0 amide bonds. The van der Waals surface area contributed by atoms with Crippen LogP contribution in [0, 0.1) is 5.82 Å². The van der Waals surface area contributed by atoms with Gasteiger partial charge in [0.05, 0.1) is 6.42 Å². The number of carboxylic acid groups (broad SMARTS) is 1. The third-order valence-electron chi connectivity index (χ3n) is 5.27. The van der Waals surface area contributed by atoms with Crippen LogP contribution in [0.15, 0.2) is 54.6 Å². The summed E-state index contributed by atoms with van der Waals surface area (Å²) in [5, 5.41) is 9.52. The minimum atomic E-state index is -0.828. The molecule has 1 aliphatic heterocycles. The molecule has 0 atom stereocenters. The predicted octanol–water partition coefficient (Wildman–Crippen LogP) is 4.95. The number of ether oxygens (including phenoxy) is 1. The van der Waals surface area contributed by atoms with Crippen LogP contribution in [0.1, 0.15) is 23.2 Å². The SMILES string of the molecule is O=C(O)CCN1CCc2nc(-c3ccc(OCc4cccc(Cl)c4)cc3)c(F)cc2C1. The number of aromatic nitrogens is 1. The maximum absolute atomic E-state index is 14.8. The van der Waals surface area contributed by atoms with Crippen LogP contribution in [0.3, 0.4) is 0 Å². The summed E-state index contributed by atoms with van der Waals surface area (Å²) in [7, 11) is 0. The molecule has 2 aromatic carbocycles. The smallest absolute Gasteiger partial charge is 0.304 e. The van der Waals surface area contributed by atoms with Crippen LogP contribution < -0.4 is 4.74 Å². The molecular formula is C24H22ClFN2O3. The summed E-state index contributed by atoms with van der Waals surface area (Å²) in [6.07, 6.45) is 0.748. The van der Waals surface area contributed by atoms with Gasteiger partial charge in [0.15, 0.2) is 0 Å². The first-order valence-electron chi connectivity index (χ1n) is 10.1. The van der Waals surface area contributed by atoms with Gasteiger partial charge in [-0.25, -0.2) is 9.37 Å². The quantitative estimate of drug-likeness (QED) is 0.563. The number of halogens is 2. The fourth-order valence-electron chi connectivity index (χ4n) is 3.65. The number of fused-ring (bicyclic) bond motifs is 1. The number of hydrogen-bond acceptors (Lipinski definition) is 4. The highest BCUT2D eigenvalue weighted by Crippen LogP contribution is 2.28. The van der Waals surface area contributed by atoms with Gasteiger partial charge in [0.1, 0.15) is 23.9 Å². The molecule has 0 spiro atoms. The van der Waals surface area contributed by atoms with E-state index in [1.807, 2.05) is 29.2 Å². The van der Waals surface area contributed by atoms with Crippen molar-refractivity contribution in [2.75, 3.05) is 13.1 Å². The number of nitrogens with zero attached hydrogens (tertiary/aromatic N) is 2. The van der Waals surface area contributed by atoms with Crippen molar-refractivity contribution in [3.63, 3.8) is 0 Å². The average molecular weight is 441 g/mol. The number of aliphatic carboxylic acids is 1. The van der Waals surface area contributed by atoms with Crippen molar-refractivity contribution in [1.29, 1.82) is 0 Å². The second kappa shape index (κ2) is 9.45. The first-order chi connectivity index (χ1) is 15.0. The third kappa shape index (κ3) is 5.40. The Morgan fingerprint density at radius 1 is 1.19 bits per heavy atom. The molecular weight excluding hydrogens is 419 g/mol. The Balaban J connectivity index is 1.44.